The maximum Gasteiger partial charge on any atom is 0.276 e. The summed E-state index contributed by atoms with van der Waals surface area (Å²) >= 11 is 5.15. The predicted octanol–water partition coefficient (Wildman–Crippen LogP) is 2.16. The van der Waals surface area contributed by atoms with E-state index < -0.39 is 0 Å². The molecule has 0 radical (unpaired) electrons. The number of hydrogen-bond donors (Lipinski definition) is 1. The first-order valence-corrected chi connectivity index (χ1v) is 6.55. The summed E-state index contributed by atoms with van der Waals surface area (Å²) in [4.78, 5) is 13.7. The molecule has 0 atom stereocenters. The number of nitrogens with zero attached hydrogens (tertiary/aromatic N) is 1. The highest BCUT2D eigenvalue weighted by Crippen LogP contribution is 2.18. The molecule has 0 aliphatic carbocycles. The molecular formula is C14H16N2O2S. The number of hydrogen-bond acceptors (Lipinski definition) is 3. The molecule has 0 aromatic heterocycles. The summed E-state index contributed by atoms with van der Waals surface area (Å²) in [6, 6.07) is 7.52. The third kappa shape index (κ3) is 2.93. The van der Waals surface area contributed by atoms with Crippen LogP contribution in [0.5, 0.6) is 5.75 Å². The van der Waals surface area contributed by atoms with E-state index in [0.29, 0.717) is 17.4 Å². The van der Waals surface area contributed by atoms with Crippen molar-refractivity contribution in [2.45, 2.75) is 13.3 Å². The van der Waals surface area contributed by atoms with E-state index in [0.717, 1.165) is 17.7 Å². The van der Waals surface area contributed by atoms with Gasteiger partial charge in [-0.25, -0.2) is 0 Å². The minimum absolute atomic E-state index is 0.0744. The second-order valence-corrected chi connectivity index (χ2v) is 4.61. The highest BCUT2D eigenvalue weighted by molar-refractivity contribution is 7.80. The lowest BCUT2D eigenvalue weighted by atomic mass is 10.2. The molecule has 0 unspecified atom stereocenters. The van der Waals surface area contributed by atoms with Crippen molar-refractivity contribution in [2.24, 2.45) is 0 Å². The summed E-state index contributed by atoms with van der Waals surface area (Å²) in [5, 5.41) is 3.43. The molecule has 1 saturated heterocycles. The van der Waals surface area contributed by atoms with E-state index >= 15 is 0 Å². The number of benzene rings is 1. The Kier molecular flexibility index (Phi) is 4.16. The quantitative estimate of drug-likeness (QED) is 0.676. The van der Waals surface area contributed by atoms with E-state index in [-0.39, 0.29) is 5.91 Å². The van der Waals surface area contributed by atoms with Crippen LogP contribution >= 0.6 is 12.2 Å². The van der Waals surface area contributed by atoms with Crippen molar-refractivity contribution in [2.75, 3.05) is 13.7 Å². The summed E-state index contributed by atoms with van der Waals surface area (Å²) in [5.74, 6) is 0.683. The van der Waals surface area contributed by atoms with Crippen LogP contribution in [0.3, 0.4) is 0 Å². The minimum atomic E-state index is -0.0744. The highest BCUT2D eigenvalue weighted by atomic mass is 32.1. The molecule has 1 aromatic carbocycles. The molecule has 19 heavy (non-hydrogen) atoms. The molecule has 1 aromatic rings. The third-order valence-corrected chi connectivity index (χ3v) is 3.14. The molecule has 0 bridgehead atoms. The first-order valence-electron chi connectivity index (χ1n) is 6.14. The van der Waals surface area contributed by atoms with Gasteiger partial charge in [0.25, 0.3) is 5.91 Å². The van der Waals surface area contributed by atoms with Crippen LogP contribution in [-0.4, -0.2) is 29.6 Å². The lowest BCUT2D eigenvalue weighted by molar-refractivity contribution is -0.122. The summed E-state index contributed by atoms with van der Waals surface area (Å²) in [7, 11) is 1.61. The Bertz CT molecular complexity index is 540. The molecule has 100 valence electrons. The number of rotatable bonds is 4. The number of amides is 1. The summed E-state index contributed by atoms with van der Waals surface area (Å²) in [6.45, 7) is 2.65. The van der Waals surface area contributed by atoms with Gasteiger partial charge in [-0.15, -0.1) is 0 Å². The molecule has 0 saturated carbocycles. The maximum absolute atomic E-state index is 12.1. The number of methoxy groups -OCH3 is 1. The van der Waals surface area contributed by atoms with Crippen LogP contribution in [0.1, 0.15) is 18.9 Å². The highest BCUT2D eigenvalue weighted by Gasteiger charge is 2.29. The monoisotopic (exact) mass is 276 g/mol. The van der Waals surface area contributed by atoms with Gasteiger partial charge in [0.1, 0.15) is 11.4 Å². The Balaban J connectivity index is 2.24. The number of carbonyl (C=O) groups excluding carboxylic acids is 1. The Hall–Kier alpha value is -1.88. The van der Waals surface area contributed by atoms with Crippen molar-refractivity contribution in [3.05, 3.63) is 35.5 Å². The fraction of sp³-hybridized carbons (Fsp3) is 0.286. The summed E-state index contributed by atoms with van der Waals surface area (Å²) < 4.78 is 5.16. The van der Waals surface area contributed by atoms with Crippen molar-refractivity contribution in [3.8, 4) is 5.75 Å². The number of nitrogens with one attached hydrogen (secondary N) is 1. The lowest BCUT2D eigenvalue weighted by Crippen LogP contribution is -2.31. The summed E-state index contributed by atoms with van der Waals surface area (Å²) in [5.41, 5.74) is 1.41. The molecule has 5 heteroatoms. The molecular weight excluding hydrogens is 260 g/mol. The third-order valence-electron chi connectivity index (χ3n) is 2.81. The molecule has 4 nitrogen and oxygen atoms in total. The molecule has 0 spiro atoms. The second kappa shape index (κ2) is 5.84. The Morgan fingerprint density at radius 3 is 2.95 bits per heavy atom. The first kappa shape index (κ1) is 13.5. The smallest absolute Gasteiger partial charge is 0.276 e. The molecule has 1 aliphatic heterocycles. The van der Waals surface area contributed by atoms with Gasteiger partial charge in [0, 0.05) is 6.54 Å². The maximum atomic E-state index is 12.1. The Labute approximate surface area is 118 Å². The van der Waals surface area contributed by atoms with Gasteiger partial charge >= 0.3 is 0 Å². The summed E-state index contributed by atoms with van der Waals surface area (Å²) in [6.07, 6.45) is 2.66. The van der Waals surface area contributed by atoms with Gasteiger partial charge in [-0.3, -0.25) is 9.69 Å². The molecule has 1 aliphatic rings. The molecule has 1 heterocycles. The van der Waals surface area contributed by atoms with Crippen LogP contribution in [0.15, 0.2) is 30.0 Å². The number of ether oxygens (including phenoxy) is 1. The van der Waals surface area contributed by atoms with Gasteiger partial charge in [-0.1, -0.05) is 19.1 Å². The van der Waals surface area contributed by atoms with E-state index in [2.05, 4.69) is 5.32 Å². The molecule has 1 amide bonds. The van der Waals surface area contributed by atoms with Crippen LogP contribution in [0.25, 0.3) is 6.08 Å². The van der Waals surface area contributed by atoms with E-state index in [4.69, 9.17) is 17.0 Å². The molecule has 2 rings (SSSR count). The van der Waals surface area contributed by atoms with Crippen LogP contribution in [-0.2, 0) is 4.79 Å². The zero-order valence-electron chi connectivity index (χ0n) is 11.0. The standard InChI is InChI=1S/C14H16N2O2S/c1-3-7-16-13(17)12(15-14(16)19)9-10-5-4-6-11(8-10)18-2/h4-6,8-9H,3,7H2,1-2H3,(H,15,19)/b12-9-. The van der Waals surface area contributed by atoms with Crippen molar-refractivity contribution in [3.63, 3.8) is 0 Å². The zero-order chi connectivity index (χ0) is 13.8. The van der Waals surface area contributed by atoms with E-state index in [9.17, 15) is 4.79 Å². The second-order valence-electron chi connectivity index (χ2n) is 4.22. The average molecular weight is 276 g/mol. The molecule has 1 N–H and O–H groups in total. The normalized spacial score (nSPS) is 16.9. The Morgan fingerprint density at radius 2 is 2.26 bits per heavy atom. The van der Waals surface area contributed by atoms with Gasteiger partial charge in [-0.05, 0) is 42.4 Å². The first-order chi connectivity index (χ1) is 9.15. The number of thiocarbonyl (C=S) groups is 1. The topological polar surface area (TPSA) is 41.6 Å². The minimum Gasteiger partial charge on any atom is -0.497 e. The van der Waals surface area contributed by atoms with Gasteiger partial charge in [0.05, 0.1) is 7.11 Å². The zero-order valence-corrected chi connectivity index (χ0v) is 11.8. The van der Waals surface area contributed by atoms with Gasteiger partial charge in [0.15, 0.2) is 5.11 Å². The van der Waals surface area contributed by atoms with Gasteiger partial charge in [-0.2, -0.15) is 0 Å². The fourth-order valence-corrected chi connectivity index (χ4v) is 2.18. The lowest BCUT2D eigenvalue weighted by Gasteiger charge is -2.11. The van der Waals surface area contributed by atoms with Crippen LogP contribution < -0.4 is 10.1 Å². The van der Waals surface area contributed by atoms with Crippen molar-refractivity contribution in [1.82, 2.24) is 10.2 Å². The average Bonchev–Trinajstić information content (AvgIpc) is 2.67. The van der Waals surface area contributed by atoms with Crippen molar-refractivity contribution in [1.29, 1.82) is 0 Å². The van der Waals surface area contributed by atoms with Crippen molar-refractivity contribution < 1.29 is 9.53 Å². The fourth-order valence-electron chi connectivity index (χ4n) is 1.90. The van der Waals surface area contributed by atoms with E-state index in [1.54, 1.807) is 18.1 Å². The van der Waals surface area contributed by atoms with Crippen LogP contribution in [0.4, 0.5) is 0 Å². The van der Waals surface area contributed by atoms with E-state index in [1.165, 1.54) is 0 Å². The van der Waals surface area contributed by atoms with Crippen LogP contribution in [0.2, 0.25) is 0 Å². The van der Waals surface area contributed by atoms with Gasteiger partial charge < -0.3 is 10.1 Å². The van der Waals surface area contributed by atoms with Gasteiger partial charge in [0.2, 0.25) is 0 Å². The van der Waals surface area contributed by atoms with Crippen LogP contribution in [0, 0.1) is 0 Å². The molecule has 1 fully saturated rings. The predicted molar refractivity (Wildman–Crippen MR) is 78.7 cm³/mol. The largest absolute Gasteiger partial charge is 0.497 e. The SMILES string of the molecule is CCCN1C(=O)/C(=C/c2cccc(OC)c2)NC1=S. The van der Waals surface area contributed by atoms with Crippen molar-refractivity contribution >= 4 is 29.3 Å². The van der Waals surface area contributed by atoms with E-state index in [1.807, 2.05) is 31.2 Å². The Morgan fingerprint density at radius 1 is 1.47 bits per heavy atom. The number of carbonyl (C=O) groups is 1.